The molecule has 0 aliphatic carbocycles. The first-order valence-electron chi connectivity index (χ1n) is 7.86. The van der Waals surface area contributed by atoms with E-state index in [-0.39, 0.29) is 4.64 Å². The van der Waals surface area contributed by atoms with E-state index in [0.29, 0.717) is 5.56 Å². The summed E-state index contributed by atoms with van der Waals surface area (Å²) in [5.74, 6) is 0. The zero-order chi connectivity index (χ0) is 23.8. The Kier molecular flexibility index (Phi) is 7.95. The van der Waals surface area contributed by atoms with Gasteiger partial charge in [0.25, 0.3) is 6.04 Å². The summed E-state index contributed by atoms with van der Waals surface area (Å²) in [4.78, 5) is 53.2. The summed E-state index contributed by atoms with van der Waals surface area (Å²) in [5, 5.41) is 10.3. The molecule has 20 heteroatoms. The van der Waals surface area contributed by atoms with Crippen molar-refractivity contribution in [2.24, 2.45) is 0 Å². The van der Waals surface area contributed by atoms with E-state index in [2.05, 4.69) is 23.0 Å². The maximum absolute atomic E-state index is 12.1. The SMILES string of the molecule is [C-]#[N+][C@@H]1C(O)[C@H](COP(=O)(O)OP(=O)(O)OP(=O)(O)O)O[C@@H]1n1cc(C)c(=S)[nH]c1=O. The number of ether oxygens (including phenoxy) is 1. The van der Waals surface area contributed by atoms with E-state index < -0.39 is 60.2 Å². The molecule has 1 aliphatic rings. The third kappa shape index (κ3) is 6.95. The van der Waals surface area contributed by atoms with Crippen LogP contribution in [0.3, 0.4) is 0 Å². The van der Waals surface area contributed by atoms with Crippen LogP contribution in [0.5, 0.6) is 0 Å². The Morgan fingerprint density at radius 1 is 1.26 bits per heavy atom. The second-order valence-electron chi connectivity index (χ2n) is 6.04. The lowest BCUT2D eigenvalue weighted by Gasteiger charge is -2.18. The number of rotatable bonds is 8. The van der Waals surface area contributed by atoms with Crippen molar-refractivity contribution in [2.75, 3.05) is 6.61 Å². The molecule has 0 bridgehead atoms. The van der Waals surface area contributed by atoms with E-state index in [9.17, 15) is 28.5 Å². The zero-order valence-corrected chi connectivity index (χ0v) is 18.7. The quantitative estimate of drug-likeness (QED) is 0.151. The predicted octanol–water partition coefficient (Wildman–Crippen LogP) is 0.104. The highest BCUT2D eigenvalue weighted by atomic mass is 32.1. The van der Waals surface area contributed by atoms with Crippen LogP contribution in [0.4, 0.5) is 0 Å². The molecule has 0 spiro atoms. The lowest BCUT2D eigenvalue weighted by Crippen LogP contribution is -2.34. The van der Waals surface area contributed by atoms with Gasteiger partial charge in [0, 0.05) is 11.8 Å². The molecular weight excluding hydrogens is 507 g/mol. The van der Waals surface area contributed by atoms with Gasteiger partial charge in [-0.25, -0.2) is 25.1 Å². The number of aromatic nitrogens is 2. The topological polar surface area (TPSA) is 231 Å². The molecule has 2 heterocycles. The number of aryl methyl sites for hydroxylation is 1. The molecule has 1 aromatic heterocycles. The Morgan fingerprint density at radius 3 is 2.42 bits per heavy atom. The Balaban J connectivity index is 2.15. The number of hydrogen-bond donors (Lipinski definition) is 6. The van der Waals surface area contributed by atoms with E-state index in [0.717, 1.165) is 4.57 Å². The number of aliphatic hydroxyl groups excluding tert-OH is 1. The Morgan fingerprint density at radius 2 is 1.87 bits per heavy atom. The van der Waals surface area contributed by atoms with Gasteiger partial charge in [-0.15, -0.1) is 0 Å². The van der Waals surface area contributed by atoms with E-state index >= 15 is 0 Å². The largest absolute Gasteiger partial charge is 0.490 e. The first-order chi connectivity index (χ1) is 14.1. The van der Waals surface area contributed by atoms with Crippen LogP contribution in [0.25, 0.3) is 4.85 Å². The van der Waals surface area contributed by atoms with E-state index in [1.165, 1.54) is 6.20 Å². The minimum atomic E-state index is -5.72. The number of phosphoric ester groups is 1. The van der Waals surface area contributed by atoms with Crippen molar-refractivity contribution < 1.29 is 56.3 Å². The molecule has 3 unspecified atom stereocenters. The number of nitrogens with one attached hydrogen (secondary N) is 1. The summed E-state index contributed by atoms with van der Waals surface area (Å²) < 4.78 is 51.7. The van der Waals surface area contributed by atoms with Crippen molar-refractivity contribution in [3.63, 3.8) is 0 Å². The number of aromatic amines is 1. The van der Waals surface area contributed by atoms with Crippen LogP contribution in [0.15, 0.2) is 11.0 Å². The summed E-state index contributed by atoms with van der Waals surface area (Å²) in [6.07, 6.45) is -3.18. The van der Waals surface area contributed by atoms with Gasteiger partial charge in [0.2, 0.25) is 6.23 Å². The van der Waals surface area contributed by atoms with Crippen LogP contribution < -0.4 is 5.69 Å². The smallest absolute Gasteiger partial charge is 0.382 e. The normalized spacial score (nSPS) is 27.9. The van der Waals surface area contributed by atoms with Crippen LogP contribution in [0, 0.1) is 18.1 Å². The van der Waals surface area contributed by atoms with E-state index in [1.807, 2.05) is 0 Å². The molecule has 0 radical (unpaired) electrons. The fourth-order valence-corrected chi connectivity index (χ4v) is 5.65. The van der Waals surface area contributed by atoms with E-state index in [4.69, 9.17) is 38.2 Å². The molecule has 2 rings (SSSR count). The second-order valence-corrected chi connectivity index (χ2v) is 10.9. The Bertz CT molecular complexity index is 1140. The lowest BCUT2D eigenvalue weighted by molar-refractivity contribution is -0.0452. The van der Waals surface area contributed by atoms with Crippen molar-refractivity contribution in [3.8, 4) is 0 Å². The average Bonchev–Trinajstić information content (AvgIpc) is 2.88. The summed E-state index contributed by atoms with van der Waals surface area (Å²) in [5.41, 5.74) is -0.303. The highest BCUT2D eigenvalue weighted by Gasteiger charge is 2.51. The highest BCUT2D eigenvalue weighted by Crippen LogP contribution is 2.66. The first kappa shape index (κ1) is 26.2. The van der Waals surface area contributed by atoms with Crippen LogP contribution in [0.2, 0.25) is 0 Å². The van der Waals surface area contributed by atoms with Crippen molar-refractivity contribution in [3.05, 3.63) is 38.3 Å². The number of H-pyrrole nitrogens is 1. The average molecular weight is 523 g/mol. The Labute approximate surface area is 178 Å². The number of hydrogen-bond acceptors (Lipinski definition) is 10. The lowest BCUT2D eigenvalue weighted by atomic mass is 10.1. The maximum Gasteiger partial charge on any atom is 0.490 e. The molecule has 0 aromatic carbocycles. The number of aliphatic hydroxyl groups is 1. The first-order valence-corrected chi connectivity index (χ1v) is 12.8. The second kappa shape index (κ2) is 9.42. The van der Waals surface area contributed by atoms with Gasteiger partial charge in [0.15, 0.2) is 6.10 Å². The van der Waals surface area contributed by atoms with Gasteiger partial charge < -0.3 is 34.3 Å². The third-order valence-electron chi connectivity index (χ3n) is 3.72. The van der Waals surface area contributed by atoms with Gasteiger partial charge in [-0.3, -0.25) is 14.1 Å². The van der Waals surface area contributed by atoms with Crippen LogP contribution >= 0.6 is 35.7 Å². The van der Waals surface area contributed by atoms with Gasteiger partial charge in [-0.2, -0.15) is 8.62 Å². The van der Waals surface area contributed by atoms with Crippen LogP contribution in [-0.2, 0) is 31.6 Å². The van der Waals surface area contributed by atoms with Crippen LogP contribution in [0.1, 0.15) is 11.8 Å². The molecule has 174 valence electrons. The van der Waals surface area contributed by atoms with Crippen molar-refractivity contribution in [1.82, 2.24) is 9.55 Å². The van der Waals surface area contributed by atoms with Gasteiger partial charge in [-0.05, 0) is 6.92 Å². The molecule has 1 saturated heterocycles. The fraction of sp³-hybridized carbons (Fsp3) is 0.545. The molecule has 0 saturated carbocycles. The molecule has 1 aliphatic heterocycles. The molecule has 1 aromatic rings. The van der Waals surface area contributed by atoms with Crippen molar-refractivity contribution in [2.45, 2.75) is 31.4 Å². The van der Waals surface area contributed by atoms with Gasteiger partial charge in [0.05, 0.1) is 6.61 Å². The van der Waals surface area contributed by atoms with E-state index in [1.54, 1.807) is 6.92 Å². The van der Waals surface area contributed by atoms with Crippen molar-refractivity contribution >= 4 is 35.7 Å². The minimum absolute atomic E-state index is 0.142. The summed E-state index contributed by atoms with van der Waals surface area (Å²) in [7, 11) is -16.7. The Hall–Kier alpha value is -1.08. The molecule has 1 fully saturated rings. The van der Waals surface area contributed by atoms with Gasteiger partial charge in [-0.1, -0.05) is 12.2 Å². The number of nitrogens with zero attached hydrogens (tertiary/aromatic N) is 2. The molecule has 31 heavy (non-hydrogen) atoms. The standard InChI is InChI=1S/C11H16N3O13P3S/c1-5-3-14(11(16)13-9(5)31)10-7(12-2)8(15)6(25-10)4-24-29(20,21)27-30(22,23)26-28(17,18)19/h3,6-8,10,15H,4H2,1H3,(H,20,21)(H,22,23)(H,13,16,31)(H2,17,18,19)/t6-,7+,8?,10-/m0/s1. The molecule has 6 atom stereocenters. The minimum Gasteiger partial charge on any atom is -0.382 e. The molecule has 0 amide bonds. The monoisotopic (exact) mass is 523 g/mol. The zero-order valence-electron chi connectivity index (χ0n) is 15.2. The highest BCUT2D eigenvalue weighted by molar-refractivity contribution is 7.71. The third-order valence-corrected chi connectivity index (χ3v) is 7.95. The molecule has 16 nitrogen and oxygen atoms in total. The molecular formula is C11H16N3O13P3S. The predicted molar refractivity (Wildman–Crippen MR) is 101 cm³/mol. The number of phosphoric acid groups is 3. The fourth-order valence-electron chi connectivity index (χ4n) is 2.48. The van der Waals surface area contributed by atoms with Crippen LogP contribution in [-0.4, -0.2) is 59.1 Å². The summed E-state index contributed by atoms with van der Waals surface area (Å²) >= 11 is 4.92. The van der Waals surface area contributed by atoms with Gasteiger partial charge >= 0.3 is 29.2 Å². The van der Waals surface area contributed by atoms with Crippen molar-refractivity contribution in [1.29, 1.82) is 0 Å². The summed E-state index contributed by atoms with van der Waals surface area (Å²) in [6.45, 7) is 7.82. The van der Waals surface area contributed by atoms with Gasteiger partial charge in [0.1, 0.15) is 10.7 Å². The summed E-state index contributed by atoms with van der Waals surface area (Å²) in [6, 6.07) is -1.35. The molecule has 6 N–H and O–H groups in total. The maximum atomic E-state index is 12.1.